The number of anilines is 1. The van der Waals surface area contributed by atoms with Gasteiger partial charge in [-0.3, -0.25) is 4.79 Å². The second-order valence-electron chi connectivity index (χ2n) is 8.18. The van der Waals surface area contributed by atoms with Crippen molar-refractivity contribution in [1.82, 2.24) is 0 Å². The van der Waals surface area contributed by atoms with E-state index in [4.69, 9.17) is 0 Å². The molecule has 31 heavy (non-hydrogen) atoms. The van der Waals surface area contributed by atoms with E-state index in [1.54, 1.807) is 0 Å². The molecule has 0 aromatic heterocycles. The van der Waals surface area contributed by atoms with Crippen LogP contribution in [0.5, 0.6) is 0 Å². The third kappa shape index (κ3) is 4.88. The van der Waals surface area contributed by atoms with Crippen LogP contribution in [0.15, 0.2) is 53.0 Å². The molecule has 3 rings (SSSR count). The normalized spacial score (nSPS) is 18.2. The third-order valence-corrected chi connectivity index (χ3v) is 5.90. The van der Waals surface area contributed by atoms with Crippen molar-refractivity contribution in [1.29, 1.82) is 5.26 Å². The summed E-state index contributed by atoms with van der Waals surface area (Å²) in [7, 11) is 0. The third-order valence-electron chi connectivity index (χ3n) is 5.90. The smallest absolute Gasteiger partial charge is 0.287 e. The number of aliphatic imine (C=N–C) groups is 1. The molecule has 2 aromatic carbocycles. The fraction of sp³-hybridized carbons (Fsp3) is 0.320. The van der Waals surface area contributed by atoms with E-state index >= 15 is 0 Å². The average molecular weight is 421 g/mol. The quantitative estimate of drug-likeness (QED) is 0.366. The summed E-state index contributed by atoms with van der Waals surface area (Å²) in [5.74, 6) is -0.633. The maximum absolute atomic E-state index is 12.5. The first-order valence-electron chi connectivity index (χ1n) is 10.1. The van der Waals surface area contributed by atoms with Gasteiger partial charge in [-0.05, 0) is 72.7 Å². The highest BCUT2D eigenvalue weighted by Gasteiger charge is 2.36. The maximum Gasteiger partial charge on any atom is 0.287 e. The molecule has 1 N–H and O–H groups in total. The molecule has 0 spiro atoms. The number of nitriles is 1. The van der Waals surface area contributed by atoms with Crippen LogP contribution in [0.3, 0.4) is 0 Å². The highest BCUT2D eigenvalue weighted by Crippen LogP contribution is 2.46. The van der Waals surface area contributed by atoms with Gasteiger partial charge in [0.25, 0.3) is 12.3 Å². The van der Waals surface area contributed by atoms with Crippen LogP contribution in [-0.2, 0) is 16.6 Å². The lowest BCUT2D eigenvalue weighted by Crippen LogP contribution is -2.20. The van der Waals surface area contributed by atoms with Gasteiger partial charge in [0.1, 0.15) is 11.6 Å². The van der Waals surface area contributed by atoms with Gasteiger partial charge in [0, 0.05) is 5.69 Å². The van der Waals surface area contributed by atoms with Crippen molar-refractivity contribution in [3.63, 3.8) is 0 Å². The number of halogens is 2. The monoisotopic (exact) mass is 421 g/mol. The molecule has 4 nitrogen and oxygen atoms in total. The minimum atomic E-state index is -2.42. The van der Waals surface area contributed by atoms with Gasteiger partial charge in [-0.15, -0.1) is 0 Å². The van der Waals surface area contributed by atoms with Gasteiger partial charge in [-0.1, -0.05) is 42.8 Å². The minimum absolute atomic E-state index is 0.00347. The van der Waals surface area contributed by atoms with Gasteiger partial charge in [-0.2, -0.15) is 5.26 Å². The molecule has 1 atom stereocenters. The number of hydrogen-bond donors (Lipinski definition) is 1. The number of hydrogen-bond acceptors (Lipinski definition) is 3. The number of nitrogens with one attached hydrogen (secondary N) is 1. The van der Waals surface area contributed by atoms with Crippen molar-refractivity contribution < 1.29 is 13.6 Å². The van der Waals surface area contributed by atoms with Gasteiger partial charge in [0.2, 0.25) is 0 Å². The Morgan fingerprint density at radius 3 is 2.61 bits per heavy atom. The molecule has 2 aromatic rings. The van der Waals surface area contributed by atoms with Gasteiger partial charge < -0.3 is 5.32 Å². The number of aryl methyl sites for hydroxylation is 2. The predicted octanol–water partition coefficient (Wildman–Crippen LogP) is 5.47. The van der Waals surface area contributed by atoms with Crippen LogP contribution in [0, 0.1) is 18.3 Å². The van der Waals surface area contributed by atoms with E-state index in [2.05, 4.69) is 24.0 Å². The second kappa shape index (κ2) is 9.22. The van der Waals surface area contributed by atoms with Crippen LogP contribution in [-0.4, -0.2) is 25.6 Å². The van der Waals surface area contributed by atoms with Crippen LogP contribution in [0.4, 0.5) is 14.5 Å². The minimum Gasteiger partial charge on any atom is -0.379 e. The molecule has 1 unspecified atom stereocenters. The molecule has 0 aliphatic heterocycles. The molecular weight excluding hydrogens is 396 g/mol. The number of fused-ring (bicyclic) bond motifs is 1. The van der Waals surface area contributed by atoms with Crippen molar-refractivity contribution in [3.8, 4) is 6.07 Å². The zero-order valence-corrected chi connectivity index (χ0v) is 17.7. The predicted molar refractivity (Wildman–Crippen MR) is 119 cm³/mol. The number of allylic oxidation sites excluding steroid dienone is 1. The zero-order chi connectivity index (χ0) is 22.6. The first kappa shape index (κ1) is 22.4. The number of rotatable bonds is 7. The maximum atomic E-state index is 12.5. The van der Waals surface area contributed by atoms with E-state index in [1.165, 1.54) is 0 Å². The topological polar surface area (TPSA) is 65.2 Å². The lowest BCUT2D eigenvalue weighted by atomic mass is 9.75. The van der Waals surface area contributed by atoms with E-state index in [0.29, 0.717) is 17.7 Å². The number of benzene rings is 2. The standard InChI is InChI=1S/C25H25F2N3O/c1-16-4-6-17(7-5-16)20(21(14-28)24(31)29-3)13-25(2)11-10-18-12-19(8-9-22(18)25)30-15-23(26)27/h4-9,12,23,30H,3,10-11,13,15H2,1-2H3/b21-20+. The van der Waals surface area contributed by atoms with E-state index < -0.39 is 18.9 Å². The Bertz CT molecular complexity index is 1070. The summed E-state index contributed by atoms with van der Waals surface area (Å²) in [4.78, 5) is 15.8. The Morgan fingerprint density at radius 1 is 1.29 bits per heavy atom. The van der Waals surface area contributed by atoms with E-state index in [1.807, 2.05) is 55.5 Å². The fourth-order valence-electron chi connectivity index (χ4n) is 4.23. The van der Waals surface area contributed by atoms with Crippen molar-refractivity contribution in [2.24, 2.45) is 4.99 Å². The van der Waals surface area contributed by atoms with Crippen LogP contribution in [0.2, 0.25) is 0 Å². The van der Waals surface area contributed by atoms with Crippen LogP contribution in [0.1, 0.15) is 42.0 Å². The molecule has 1 aliphatic rings. The highest BCUT2D eigenvalue weighted by molar-refractivity contribution is 6.06. The molecule has 0 bridgehead atoms. The number of carbonyl (C=O) groups excluding carboxylic acids is 1. The van der Waals surface area contributed by atoms with Gasteiger partial charge in [0.05, 0.1) is 6.54 Å². The molecular formula is C25H25F2N3O. The molecule has 1 amide bonds. The van der Waals surface area contributed by atoms with Crippen molar-refractivity contribution in [3.05, 3.63) is 70.3 Å². The number of nitrogens with zero attached hydrogens (tertiary/aromatic N) is 2. The van der Waals surface area contributed by atoms with Gasteiger partial charge >= 0.3 is 0 Å². The molecule has 0 fully saturated rings. The lowest BCUT2D eigenvalue weighted by Gasteiger charge is -2.28. The fourth-order valence-corrected chi connectivity index (χ4v) is 4.23. The molecule has 1 aliphatic carbocycles. The number of amides is 1. The lowest BCUT2D eigenvalue weighted by molar-refractivity contribution is -0.113. The molecule has 0 saturated heterocycles. The number of alkyl halides is 2. The summed E-state index contributed by atoms with van der Waals surface area (Å²) in [6.45, 7) is 7.00. The van der Waals surface area contributed by atoms with E-state index in [0.717, 1.165) is 35.1 Å². The van der Waals surface area contributed by atoms with Gasteiger partial charge in [-0.25, -0.2) is 13.8 Å². The highest BCUT2D eigenvalue weighted by atomic mass is 19.3. The summed E-state index contributed by atoms with van der Waals surface area (Å²) in [6, 6.07) is 15.4. The second-order valence-corrected chi connectivity index (χ2v) is 8.18. The van der Waals surface area contributed by atoms with Crippen LogP contribution >= 0.6 is 0 Å². The molecule has 0 radical (unpaired) electrons. The summed E-state index contributed by atoms with van der Waals surface area (Å²) in [5, 5.41) is 12.5. The summed E-state index contributed by atoms with van der Waals surface area (Å²) in [5.41, 5.74) is 5.11. The summed E-state index contributed by atoms with van der Waals surface area (Å²) < 4.78 is 25.0. The van der Waals surface area contributed by atoms with Crippen molar-refractivity contribution in [2.45, 2.75) is 45.0 Å². The summed E-state index contributed by atoms with van der Waals surface area (Å²) >= 11 is 0. The van der Waals surface area contributed by atoms with Crippen molar-refractivity contribution in [2.75, 3.05) is 11.9 Å². The Hall–Kier alpha value is -3.33. The first-order chi connectivity index (χ1) is 14.8. The average Bonchev–Trinajstić information content (AvgIpc) is 3.08. The molecule has 0 heterocycles. The van der Waals surface area contributed by atoms with Gasteiger partial charge in [0.15, 0.2) is 0 Å². The largest absolute Gasteiger partial charge is 0.379 e. The summed E-state index contributed by atoms with van der Waals surface area (Å²) in [6.07, 6.45) is -0.310. The molecule has 0 saturated carbocycles. The Kier molecular flexibility index (Phi) is 6.65. The Labute approximate surface area is 181 Å². The SMILES string of the molecule is C=NC(=O)/C(C#N)=C(\CC1(C)CCc2cc(NCC(F)F)ccc21)c1ccc(C)cc1. The van der Waals surface area contributed by atoms with Crippen LogP contribution < -0.4 is 5.32 Å². The number of carbonyl (C=O) groups is 1. The molecule has 6 heteroatoms. The molecule has 160 valence electrons. The Balaban J connectivity index is 2.00. The van der Waals surface area contributed by atoms with E-state index in [-0.39, 0.29) is 11.0 Å². The van der Waals surface area contributed by atoms with Crippen molar-refractivity contribution >= 4 is 23.9 Å². The van der Waals surface area contributed by atoms with Crippen LogP contribution in [0.25, 0.3) is 5.57 Å². The first-order valence-corrected chi connectivity index (χ1v) is 10.1. The Morgan fingerprint density at radius 2 is 2.00 bits per heavy atom. The van der Waals surface area contributed by atoms with E-state index in [9.17, 15) is 18.8 Å². The zero-order valence-electron chi connectivity index (χ0n) is 17.7.